The number of unbranched alkanes of at least 4 members (excludes halogenated alkanes) is 1. The van der Waals surface area contributed by atoms with E-state index in [1.807, 2.05) is 0 Å². The predicted octanol–water partition coefficient (Wildman–Crippen LogP) is 2.10. The molecule has 0 atom stereocenters. The lowest BCUT2D eigenvalue weighted by molar-refractivity contribution is 0.0307. The standard InChI is InChI=1S/C11H15ClN2O3/c1-2-3-4-16-5-6-17-11(15)9-7-14-10(12)8-13-9/h7-8H,2-6H2,1H3. The summed E-state index contributed by atoms with van der Waals surface area (Å²) in [5.41, 5.74) is 0.142. The fourth-order valence-corrected chi connectivity index (χ4v) is 1.13. The minimum Gasteiger partial charge on any atom is -0.458 e. The van der Waals surface area contributed by atoms with E-state index in [0.717, 1.165) is 12.8 Å². The van der Waals surface area contributed by atoms with Gasteiger partial charge in [0.05, 0.1) is 19.0 Å². The lowest BCUT2D eigenvalue weighted by Crippen LogP contribution is -2.12. The van der Waals surface area contributed by atoms with Crippen molar-refractivity contribution >= 4 is 17.6 Å². The molecule has 0 bridgehead atoms. The quantitative estimate of drug-likeness (QED) is 0.554. The van der Waals surface area contributed by atoms with Crippen LogP contribution in [0.25, 0.3) is 0 Å². The first kappa shape index (κ1) is 13.9. The minimum atomic E-state index is -0.520. The van der Waals surface area contributed by atoms with Gasteiger partial charge in [-0.05, 0) is 6.42 Å². The Bertz CT molecular complexity index is 343. The smallest absolute Gasteiger partial charge is 0.358 e. The third-order valence-corrected chi connectivity index (χ3v) is 2.13. The summed E-state index contributed by atoms with van der Waals surface area (Å²) in [6.45, 7) is 3.39. The van der Waals surface area contributed by atoms with Gasteiger partial charge in [-0.15, -0.1) is 0 Å². The fraction of sp³-hybridized carbons (Fsp3) is 0.545. The number of rotatable bonds is 7. The van der Waals surface area contributed by atoms with E-state index >= 15 is 0 Å². The monoisotopic (exact) mass is 258 g/mol. The van der Waals surface area contributed by atoms with Crippen molar-refractivity contribution in [3.63, 3.8) is 0 Å². The first-order valence-electron chi connectivity index (χ1n) is 5.46. The third-order valence-electron chi connectivity index (χ3n) is 1.93. The van der Waals surface area contributed by atoms with Crippen LogP contribution in [-0.2, 0) is 9.47 Å². The average Bonchev–Trinajstić information content (AvgIpc) is 2.34. The lowest BCUT2D eigenvalue weighted by Gasteiger charge is -2.04. The van der Waals surface area contributed by atoms with Gasteiger partial charge in [0.1, 0.15) is 11.8 Å². The molecule has 17 heavy (non-hydrogen) atoms. The van der Waals surface area contributed by atoms with Crippen LogP contribution in [0.1, 0.15) is 30.3 Å². The van der Waals surface area contributed by atoms with Crippen molar-refractivity contribution in [2.24, 2.45) is 0 Å². The Morgan fingerprint density at radius 1 is 1.29 bits per heavy atom. The van der Waals surface area contributed by atoms with E-state index < -0.39 is 5.97 Å². The highest BCUT2D eigenvalue weighted by Crippen LogP contribution is 2.02. The van der Waals surface area contributed by atoms with E-state index in [0.29, 0.717) is 13.2 Å². The highest BCUT2D eigenvalue weighted by Gasteiger charge is 2.08. The number of carbonyl (C=O) groups is 1. The SMILES string of the molecule is CCCCOCCOC(=O)c1cnc(Cl)cn1. The highest BCUT2D eigenvalue weighted by molar-refractivity contribution is 6.29. The van der Waals surface area contributed by atoms with E-state index in [2.05, 4.69) is 16.9 Å². The summed E-state index contributed by atoms with van der Waals surface area (Å²) in [7, 11) is 0. The van der Waals surface area contributed by atoms with Crippen LogP contribution < -0.4 is 0 Å². The number of nitrogens with zero attached hydrogens (tertiary/aromatic N) is 2. The second-order valence-electron chi connectivity index (χ2n) is 3.33. The molecule has 6 heteroatoms. The van der Waals surface area contributed by atoms with Gasteiger partial charge in [-0.3, -0.25) is 0 Å². The molecule has 0 unspecified atom stereocenters. The Kier molecular flexibility index (Phi) is 6.50. The molecule has 0 N–H and O–H groups in total. The molecule has 0 saturated heterocycles. The largest absolute Gasteiger partial charge is 0.458 e. The summed E-state index contributed by atoms with van der Waals surface area (Å²) in [6, 6.07) is 0. The van der Waals surface area contributed by atoms with Crippen molar-refractivity contribution in [3.05, 3.63) is 23.2 Å². The van der Waals surface area contributed by atoms with E-state index in [1.165, 1.54) is 12.4 Å². The van der Waals surface area contributed by atoms with Gasteiger partial charge >= 0.3 is 5.97 Å². The number of carbonyl (C=O) groups excluding carboxylic acids is 1. The molecular formula is C11H15ClN2O3. The zero-order chi connectivity index (χ0) is 12.5. The van der Waals surface area contributed by atoms with Gasteiger partial charge < -0.3 is 9.47 Å². The summed E-state index contributed by atoms with van der Waals surface area (Å²) in [5, 5.41) is 0.240. The average molecular weight is 259 g/mol. The van der Waals surface area contributed by atoms with Crippen LogP contribution in [0.15, 0.2) is 12.4 Å². The Morgan fingerprint density at radius 2 is 2.12 bits per heavy atom. The maximum Gasteiger partial charge on any atom is 0.358 e. The first-order chi connectivity index (χ1) is 8.24. The van der Waals surface area contributed by atoms with Crippen LogP contribution in [0.5, 0.6) is 0 Å². The molecule has 1 aromatic rings. The van der Waals surface area contributed by atoms with Gasteiger partial charge in [0, 0.05) is 6.61 Å². The lowest BCUT2D eigenvalue weighted by atomic mass is 10.4. The van der Waals surface area contributed by atoms with Gasteiger partial charge in [-0.1, -0.05) is 24.9 Å². The number of halogens is 1. The predicted molar refractivity (Wildman–Crippen MR) is 63.1 cm³/mol. The van der Waals surface area contributed by atoms with Gasteiger partial charge in [0.25, 0.3) is 0 Å². The van der Waals surface area contributed by atoms with E-state index in [4.69, 9.17) is 21.1 Å². The molecule has 0 aromatic carbocycles. The number of hydrogen-bond donors (Lipinski definition) is 0. The van der Waals surface area contributed by atoms with E-state index in [-0.39, 0.29) is 17.5 Å². The molecule has 1 heterocycles. The fourth-order valence-electron chi connectivity index (χ4n) is 1.03. The molecule has 0 aliphatic carbocycles. The number of aromatic nitrogens is 2. The van der Waals surface area contributed by atoms with Crippen molar-refractivity contribution < 1.29 is 14.3 Å². The second kappa shape index (κ2) is 7.97. The zero-order valence-corrected chi connectivity index (χ0v) is 10.4. The summed E-state index contributed by atoms with van der Waals surface area (Å²) >= 11 is 5.55. The van der Waals surface area contributed by atoms with Crippen molar-refractivity contribution in [3.8, 4) is 0 Å². The molecule has 1 rings (SSSR count). The van der Waals surface area contributed by atoms with Crippen LogP contribution in [0.3, 0.4) is 0 Å². The van der Waals surface area contributed by atoms with Crippen LogP contribution in [0.2, 0.25) is 5.15 Å². The molecule has 5 nitrogen and oxygen atoms in total. The molecule has 0 aliphatic heterocycles. The molecule has 0 spiro atoms. The summed E-state index contributed by atoms with van der Waals surface area (Å²) in [6.07, 6.45) is 4.68. The number of ether oxygens (including phenoxy) is 2. The molecule has 1 aromatic heterocycles. The summed E-state index contributed by atoms with van der Waals surface area (Å²) in [5.74, 6) is -0.520. The van der Waals surface area contributed by atoms with E-state index in [9.17, 15) is 4.79 Å². The van der Waals surface area contributed by atoms with Crippen LogP contribution >= 0.6 is 11.6 Å². The molecule has 0 fully saturated rings. The number of esters is 1. The maximum atomic E-state index is 11.4. The van der Waals surface area contributed by atoms with Crippen LogP contribution in [0, 0.1) is 0 Å². The van der Waals surface area contributed by atoms with Crippen molar-refractivity contribution in [2.45, 2.75) is 19.8 Å². The van der Waals surface area contributed by atoms with Gasteiger partial charge in [-0.2, -0.15) is 0 Å². The third kappa shape index (κ3) is 5.60. The van der Waals surface area contributed by atoms with Gasteiger partial charge in [0.15, 0.2) is 5.69 Å². The zero-order valence-electron chi connectivity index (χ0n) is 9.69. The highest BCUT2D eigenvalue weighted by atomic mass is 35.5. The Morgan fingerprint density at radius 3 is 2.76 bits per heavy atom. The molecular weight excluding hydrogens is 244 g/mol. The maximum absolute atomic E-state index is 11.4. The molecule has 94 valence electrons. The normalized spacial score (nSPS) is 10.2. The van der Waals surface area contributed by atoms with Gasteiger partial charge in [-0.25, -0.2) is 14.8 Å². The summed E-state index contributed by atoms with van der Waals surface area (Å²) < 4.78 is 10.2. The minimum absolute atomic E-state index is 0.142. The van der Waals surface area contributed by atoms with Gasteiger partial charge in [0.2, 0.25) is 0 Å². The molecule has 0 aliphatic rings. The van der Waals surface area contributed by atoms with Crippen LogP contribution in [-0.4, -0.2) is 35.8 Å². The summed E-state index contributed by atoms with van der Waals surface area (Å²) in [4.78, 5) is 19.0. The molecule has 0 radical (unpaired) electrons. The number of hydrogen-bond acceptors (Lipinski definition) is 5. The molecule has 0 saturated carbocycles. The van der Waals surface area contributed by atoms with Crippen molar-refractivity contribution in [1.82, 2.24) is 9.97 Å². The van der Waals surface area contributed by atoms with Crippen molar-refractivity contribution in [1.29, 1.82) is 0 Å². The first-order valence-corrected chi connectivity index (χ1v) is 5.84. The Balaban J connectivity index is 2.19. The Hall–Kier alpha value is -1.20. The van der Waals surface area contributed by atoms with E-state index in [1.54, 1.807) is 0 Å². The topological polar surface area (TPSA) is 61.3 Å². The van der Waals surface area contributed by atoms with Crippen molar-refractivity contribution in [2.75, 3.05) is 19.8 Å². The second-order valence-corrected chi connectivity index (χ2v) is 3.71. The van der Waals surface area contributed by atoms with Crippen LogP contribution in [0.4, 0.5) is 0 Å². The molecule has 0 amide bonds. The Labute approximate surface area is 105 Å².